The summed E-state index contributed by atoms with van der Waals surface area (Å²) in [5, 5.41) is 14.3. The Morgan fingerprint density at radius 3 is 2.29 bits per heavy atom. The summed E-state index contributed by atoms with van der Waals surface area (Å²) in [5.74, 6) is 0.505. The molecule has 1 aromatic carbocycles. The van der Waals surface area contributed by atoms with Crippen molar-refractivity contribution in [3.8, 4) is 0 Å². The Hall–Kier alpha value is -0.570. The van der Waals surface area contributed by atoms with Crippen molar-refractivity contribution in [1.82, 2.24) is 5.32 Å². The van der Waals surface area contributed by atoms with Gasteiger partial charge < -0.3 is 10.4 Å². The minimum atomic E-state index is 0.0812. The molecule has 0 amide bonds. The average molecular weight is 310 g/mol. The molecule has 118 valence electrons. The van der Waals surface area contributed by atoms with Gasteiger partial charge >= 0.3 is 0 Å². The van der Waals surface area contributed by atoms with Crippen LogP contribution >= 0.6 is 11.6 Å². The van der Waals surface area contributed by atoms with Crippen molar-refractivity contribution in [2.24, 2.45) is 11.3 Å². The van der Waals surface area contributed by atoms with E-state index >= 15 is 0 Å². The number of benzene rings is 1. The minimum Gasteiger partial charge on any atom is -0.396 e. The van der Waals surface area contributed by atoms with Gasteiger partial charge in [0.15, 0.2) is 0 Å². The van der Waals surface area contributed by atoms with E-state index in [1.54, 1.807) is 0 Å². The number of nitrogens with one attached hydrogen (secondary N) is 1. The van der Waals surface area contributed by atoms with Crippen LogP contribution in [0.25, 0.3) is 0 Å². The molecule has 0 saturated heterocycles. The summed E-state index contributed by atoms with van der Waals surface area (Å²) < 4.78 is 0. The molecule has 0 aliphatic heterocycles. The zero-order valence-corrected chi connectivity index (χ0v) is 14.0. The molecule has 1 aromatic rings. The zero-order chi connectivity index (χ0) is 15.3. The highest BCUT2D eigenvalue weighted by atomic mass is 35.5. The molecule has 1 aliphatic rings. The van der Waals surface area contributed by atoms with E-state index < -0.39 is 0 Å². The van der Waals surface area contributed by atoms with Crippen LogP contribution in [-0.2, 0) is 0 Å². The lowest BCUT2D eigenvalue weighted by Gasteiger charge is -2.38. The summed E-state index contributed by atoms with van der Waals surface area (Å²) in [7, 11) is 0. The van der Waals surface area contributed by atoms with Crippen LogP contribution in [-0.4, -0.2) is 18.3 Å². The predicted octanol–water partition coefficient (Wildman–Crippen LogP) is 4.57. The van der Waals surface area contributed by atoms with Gasteiger partial charge in [0.2, 0.25) is 0 Å². The third-order valence-electron chi connectivity index (χ3n) is 4.84. The van der Waals surface area contributed by atoms with E-state index in [1.807, 2.05) is 12.1 Å². The van der Waals surface area contributed by atoms with Crippen molar-refractivity contribution in [1.29, 1.82) is 0 Å². The number of hydrogen-bond acceptors (Lipinski definition) is 2. The molecule has 2 rings (SSSR count). The molecule has 1 saturated carbocycles. The van der Waals surface area contributed by atoms with Crippen LogP contribution in [0.4, 0.5) is 0 Å². The Morgan fingerprint density at radius 2 is 1.76 bits per heavy atom. The van der Waals surface area contributed by atoms with E-state index in [9.17, 15) is 5.11 Å². The summed E-state index contributed by atoms with van der Waals surface area (Å²) in [6, 6.07) is 8.43. The maximum atomic E-state index is 9.84. The standard InChI is InChI=1S/C18H28ClNO/c1-14(2)17(15-6-8-16(19)9-7-15)20-12-18(13-21)10-4-3-5-11-18/h6-9,14,17,20-21H,3-5,10-13H2,1-2H3. The third kappa shape index (κ3) is 4.45. The molecule has 2 nitrogen and oxygen atoms in total. The number of hydrogen-bond donors (Lipinski definition) is 2. The van der Waals surface area contributed by atoms with Crippen LogP contribution < -0.4 is 5.32 Å². The SMILES string of the molecule is CC(C)C(NCC1(CO)CCCCC1)c1ccc(Cl)cc1. The Labute approximate surface area is 133 Å². The van der Waals surface area contributed by atoms with Gasteiger partial charge in [-0.05, 0) is 36.5 Å². The first-order chi connectivity index (χ1) is 10.1. The normalized spacial score (nSPS) is 19.7. The molecule has 0 heterocycles. The molecule has 0 spiro atoms. The zero-order valence-electron chi connectivity index (χ0n) is 13.2. The third-order valence-corrected chi connectivity index (χ3v) is 5.09. The number of halogens is 1. The van der Waals surface area contributed by atoms with Gasteiger partial charge in [-0.25, -0.2) is 0 Å². The Bertz CT molecular complexity index is 423. The summed E-state index contributed by atoms with van der Waals surface area (Å²) in [5.41, 5.74) is 1.36. The van der Waals surface area contributed by atoms with Gasteiger partial charge in [-0.3, -0.25) is 0 Å². The lowest BCUT2D eigenvalue weighted by molar-refractivity contribution is 0.0763. The van der Waals surface area contributed by atoms with Crippen molar-refractivity contribution >= 4 is 11.6 Å². The van der Waals surface area contributed by atoms with Crippen molar-refractivity contribution < 1.29 is 5.11 Å². The Kier molecular flexibility index (Phi) is 6.09. The topological polar surface area (TPSA) is 32.3 Å². The second-order valence-electron chi connectivity index (χ2n) is 6.87. The van der Waals surface area contributed by atoms with Gasteiger partial charge in [-0.1, -0.05) is 56.8 Å². The van der Waals surface area contributed by atoms with Crippen LogP contribution in [0.2, 0.25) is 5.02 Å². The number of aliphatic hydroxyl groups is 1. The fraction of sp³-hybridized carbons (Fsp3) is 0.667. The molecule has 1 unspecified atom stereocenters. The average Bonchev–Trinajstić information content (AvgIpc) is 2.50. The fourth-order valence-corrected chi connectivity index (χ4v) is 3.55. The van der Waals surface area contributed by atoms with Gasteiger partial charge in [0.1, 0.15) is 0 Å². The Morgan fingerprint density at radius 1 is 1.14 bits per heavy atom. The second kappa shape index (κ2) is 7.62. The van der Waals surface area contributed by atoms with E-state index in [4.69, 9.17) is 11.6 Å². The van der Waals surface area contributed by atoms with E-state index in [2.05, 4.69) is 31.3 Å². The van der Waals surface area contributed by atoms with Gasteiger partial charge in [-0.15, -0.1) is 0 Å². The molecule has 21 heavy (non-hydrogen) atoms. The molecule has 1 aliphatic carbocycles. The first kappa shape index (κ1) is 16.8. The Balaban J connectivity index is 2.04. The predicted molar refractivity (Wildman–Crippen MR) is 89.6 cm³/mol. The molecule has 1 fully saturated rings. The van der Waals surface area contributed by atoms with Crippen LogP contribution in [0.1, 0.15) is 57.6 Å². The second-order valence-corrected chi connectivity index (χ2v) is 7.31. The maximum absolute atomic E-state index is 9.84. The van der Waals surface area contributed by atoms with E-state index in [-0.39, 0.29) is 5.41 Å². The number of aliphatic hydroxyl groups excluding tert-OH is 1. The molecule has 3 heteroatoms. The molecule has 0 radical (unpaired) electrons. The first-order valence-corrected chi connectivity index (χ1v) is 8.54. The molecule has 0 aromatic heterocycles. The molecule has 1 atom stereocenters. The summed E-state index contributed by atoms with van der Waals surface area (Å²) in [6.07, 6.45) is 6.08. The van der Waals surface area contributed by atoms with E-state index in [1.165, 1.54) is 24.8 Å². The van der Waals surface area contributed by atoms with Crippen LogP contribution in [0, 0.1) is 11.3 Å². The summed E-state index contributed by atoms with van der Waals surface area (Å²) in [6.45, 7) is 5.66. The van der Waals surface area contributed by atoms with Crippen molar-refractivity contribution in [3.63, 3.8) is 0 Å². The summed E-state index contributed by atoms with van der Waals surface area (Å²) in [4.78, 5) is 0. The van der Waals surface area contributed by atoms with Crippen molar-refractivity contribution in [3.05, 3.63) is 34.9 Å². The molecular weight excluding hydrogens is 282 g/mol. The maximum Gasteiger partial charge on any atom is 0.0499 e. The van der Waals surface area contributed by atoms with E-state index in [0.29, 0.717) is 18.6 Å². The van der Waals surface area contributed by atoms with Crippen molar-refractivity contribution in [2.75, 3.05) is 13.2 Å². The first-order valence-electron chi connectivity index (χ1n) is 8.16. The van der Waals surface area contributed by atoms with Gasteiger partial charge in [0.25, 0.3) is 0 Å². The summed E-state index contributed by atoms with van der Waals surface area (Å²) >= 11 is 5.99. The molecule has 0 bridgehead atoms. The van der Waals surface area contributed by atoms with Gasteiger partial charge in [0.05, 0.1) is 0 Å². The lowest BCUT2D eigenvalue weighted by Crippen LogP contribution is -2.41. The molecule has 2 N–H and O–H groups in total. The van der Waals surface area contributed by atoms with E-state index in [0.717, 1.165) is 24.4 Å². The van der Waals surface area contributed by atoms with Crippen LogP contribution in [0.15, 0.2) is 24.3 Å². The quantitative estimate of drug-likeness (QED) is 0.807. The highest BCUT2D eigenvalue weighted by Gasteiger charge is 2.32. The van der Waals surface area contributed by atoms with Gasteiger partial charge in [0, 0.05) is 29.6 Å². The van der Waals surface area contributed by atoms with Crippen LogP contribution in [0.5, 0.6) is 0 Å². The smallest absolute Gasteiger partial charge is 0.0499 e. The minimum absolute atomic E-state index is 0.0812. The van der Waals surface area contributed by atoms with Crippen molar-refractivity contribution in [2.45, 2.75) is 52.0 Å². The monoisotopic (exact) mass is 309 g/mol. The van der Waals surface area contributed by atoms with Gasteiger partial charge in [-0.2, -0.15) is 0 Å². The lowest BCUT2D eigenvalue weighted by atomic mass is 9.74. The van der Waals surface area contributed by atoms with Crippen LogP contribution in [0.3, 0.4) is 0 Å². The highest BCUT2D eigenvalue weighted by molar-refractivity contribution is 6.30. The largest absolute Gasteiger partial charge is 0.396 e. The highest BCUT2D eigenvalue weighted by Crippen LogP contribution is 2.36. The number of rotatable bonds is 6. The molecular formula is C18H28ClNO. The fourth-order valence-electron chi connectivity index (χ4n) is 3.43.